The van der Waals surface area contributed by atoms with Crippen molar-refractivity contribution >= 4 is 23.3 Å². The first-order valence-electron chi connectivity index (χ1n) is 8.32. The van der Waals surface area contributed by atoms with Gasteiger partial charge in [-0.3, -0.25) is 13.9 Å². The van der Waals surface area contributed by atoms with Gasteiger partial charge in [0, 0.05) is 20.6 Å². The summed E-state index contributed by atoms with van der Waals surface area (Å²) in [5.74, 6) is 0.508. The van der Waals surface area contributed by atoms with E-state index in [2.05, 4.69) is 15.5 Å². The molecule has 0 saturated heterocycles. The third kappa shape index (κ3) is 3.22. The second-order valence-corrected chi connectivity index (χ2v) is 5.99. The molecule has 0 fully saturated rings. The SMILES string of the molecule is COc1cc(/C=N\Nc2nc3c(c(=O)n(C)c(=O)n3C)n2CCO)ccc1O. The zero-order chi connectivity index (χ0) is 20.4. The third-order valence-electron chi connectivity index (χ3n) is 4.25. The van der Waals surface area contributed by atoms with E-state index in [-0.39, 0.29) is 36.0 Å². The first-order valence-corrected chi connectivity index (χ1v) is 8.32. The number of benzene rings is 1. The highest BCUT2D eigenvalue weighted by atomic mass is 16.5. The summed E-state index contributed by atoms with van der Waals surface area (Å²) in [6.07, 6.45) is 1.47. The Morgan fingerprint density at radius 2 is 2.04 bits per heavy atom. The highest BCUT2D eigenvalue weighted by Gasteiger charge is 2.18. The number of ether oxygens (including phenoxy) is 1. The molecule has 11 nitrogen and oxygen atoms in total. The van der Waals surface area contributed by atoms with Crippen LogP contribution in [-0.2, 0) is 20.6 Å². The van der Waals surface area contributed by atoms with Gasteiger partial charge in [-0.2, -0.15) is 10.1 Å². The number of aromatic nitrogens is 4. The lowest BCUT2D eigenvalue weighted by molar-refractivity contribution is 0.278. The molecule has 0 atom stereocenters. The molecule has 3 aromatic rings. The fraction of sp³-hybridized carbons (Fsp3) is 0.294. The van der Waals surface area contributed by atoms with E-state index in [0.717, 1.165) is 4.57 Å². The number of hydrazone groups is 1. The number of aromatic hydroxyl groups is 1. The summed E-state index contributed by atoms with van der Waals surface area (Å²) >= 11 is 0. The van der Waals surface area contributed by atoms with E-state index >= 15 is 0 Å². The van der Waals surface area contributed by atoms with Crippen LogP contribution in [0, 0.1) is 0 Å². The van der Waals surface area contributed by atoms with E-state index in [1.165, 1.54) is 42.6 Å². The predicted molar refractivity (Wildman–Crippen MR) is 103 cm³/mol. The van der Waals surface area contributed by atoms with Crippen LogP contribution in [0.25, 0.3) is 11.2 Å². The molecule has 1 aromatic carbocycles. The number of nitrogens with zero attached hydrogens (tertiary/aromatic N) is 5. The largest absolute Gasteiger partial charge is 0.504 e. The van der Waals surface area contributed by atoms with Crippen molar-refractivity contribution in [3.8, 4) is 11.5 Å². The van der Waals surface area contributed by atoms with Crippen LogP contribution in [0.2, 0.25) is 0 Å². The highest BCUT2D eigenvalue weighted by molar-refractivity contribution is 5.81. The summed E-state index contributed by atoms with van der Waals surface area (Å²) in [5, 5.41) is 23.1. The Balaban J connectivity index is 2.02. The van der Waals surface area contributed by atoms with E-state index < -0.39 is 11.2 Å². The molecular formula is C17H20N6O5. The molecule has 0 aliphatic carbocycles. The minimum Gasteiger partial charge on any atom is -0.504 e. The zero-order valence-corrected chi connectivity index (χ0v) is 15.6. The molecule has 0 spiro atoms. The number of aryl methyl sites for hydroxylation is 1. The number of imidazole rings is 1. The fourth-order valence-electron chi connectivity index (χ4n) is 2.79. The molecule has 28 heavy (non-hydrogen) atoms. The number of methoxy groups -OCH3 is 1. The topological polar surface area (TPSA) is 136 Å². The van der Waals surface area contributed by atoms with Gasteiger partial charge in [-0.1, -0.05) is 0 Å². The van der Waals surface area contributed by atoms with Crippen molar-refractivity contribution in [3.05, 3.63) is 44.6 Å². The van der Waals surface area contributed by atoms with Gasteiger partial charge >= 0.3 is 5.69 Å². The molecule has 148 valence electrons. The molecule has 3 rings (SSSR count). The van der Waals surface area contributed by atoms with Crippen LogP contribution in [-0.4, -0.2) is 48.8 Å². The summed E-state index contributed by atoms with van der Waals surface area (Å²) in [4.78, 5) is 28.9. The van der Waals surface area contributed by atoms with E-state index in [1.807, 2.05) is 0 Å². The molecule has 2 aromatic heterocycles. The van der Waals surface area contributed by atoms with Gasteiger partial charge in [0.1, 0.15) is 0 Å². The van der Waals surface area contributed by atoms with Crippen LogP contribution in [0.15, 0.2) is 32.9 Å². The standard InChI is InChI=1S/C17H20N6O5/c1-21-14-13(15(26)22(2)17(21)27)23(6-7-24)16(19-14)20-18-9-10-4-5-11(25)12(8-10)28-3/h4-5,8-9,24-25H,6-7H2,1-3H3,(H,19,20)/b18-9-. The van der Waals surface area contributed by atoms with Crippen molar-refractivity contribution < 1.29 is 14.9 Å². The average Bonchev–Trinajstić information content (AvgIpc) is 3.05. The number of phenolic OH excluding ortho intramolecular Hbond substituents is 1. The molecule has 0 bridgehead atoms. The third-order valence-corrected chi connectivity index (χ3v) is 4.25. The molecule has 0 amide bonds. The Labute approximate surface area is 158 Å². The number of hydrogen-bond donors (Lipinski definition) is 3. The Morgan fingerprint density at radius 3 is 2.71 bits per heavy atom. The number of nitrogens with one attached hydrogen (secondary N) is 1. The number of anilines is 1. The predicted octanol–water partition coefficient (Wildman–Crippen LogP) is -0.414. The van der Waals surface area contributed by atoms with Gasteiger partial charge in [0.25, 0.3) is 5.56 Å². The van der Waals surface area contributed by atoms with Crippen molar-refractivity contribution in [2.75, 3.05) is 19.1 Å². The van der Waals surface area contributed by atoms with E-state index in [4.69, 9.17) is 4.74 Å². The number of aliphatic hydroxyl groups excluding tert-OH is 1. The fourth-order valence-corrected chi connectivity index (χ4v) is 2.79. The second kappa shape index (κ2) is 7.56. The number of phenols is 1. The van der Waals surface area contributed by atoms with Gasteiger partial charge in [-0.15, -0.1) is 0 Å². The summed E-state index contributed by atoms with van der Waals surface area (Å²) in [7, 11) is 4.33. The molecule has 0 unspecified atom stereocenters. The molecule has 3 N–H and O–H groups in total. The van der Waals surface area contributed by atoms with Crippen molar-refractivity contribution in [2.24, 2.45) is 19.2 Å². The lowest BCUT2D eigenvalue weighted by atomic mass is 10.2. The van der Waals surface area contributed by atoms with E-state index in [9.17, 15) is 19.8 Å². The van der Waals surface area contributed by atoms with Crippen molar-refractivity contribution in [1.29, 1.82) is 0 Å². The Kier molecular flexibility index (Phi) is 5.18. The van der Waals surface area contributed by atoms with Crippen LogP contribution in [0.3, 0.4) is 0 Å². The number of fused-ring (bicyclic) bond motifs is 1. The molecule has 11 heteroatoms. The molecule has 2 heterocycles. The summed E-state index contributed by atoms with van der Waals surface area (Å²) in [5.41, 5.74) is 2.73. The van der Waals surface area contributed by atoms with Crippen LogP contribution >= 0.6 is 0 Å². The quantitative estimate of drug-likeness (QED) is 0.386. The number of aliphatic hydroxyl groups is 1. The Morgan fingerprint density at radius 1 is 1.29 bits per heavy atom. The van der Waals surface area contributed by atoms with Crippen molar-refractivity contribution in [3.63, 3.8) is 0 Å². The molecule has 0 radical (unpaired) electrons. The number of hydrogen-bond acceptors (Lipinski definition) is 8. The molecular weight excluding hydrogens is 368 g/mol. The first kappa shape index (κ1) is 19.2. The number of rotatable bonds is 6. The lowest BCUT2D eigenvalue weighted by Crippen LogP contribution is -2.37. The summed E-state index contributed by atoms with van der Waals surface area (Å²) < 4.78 is 8.74. The second-order valence-electron chi connectivity index (χ2n) is 5.99. The minimum absolute atomic E-state index is 0.00844. The van der Waals surface area contributed by atoms with Crippen molar-refractivity contribution in [1.82, 2.24) is 18.7 Å². The van der Waals surface area contributed by atoms with Gasteiger partial charge in [0.15, 0.2) is 22.7 Å². The average molecular weight is 388 g/mol. The maximum absolute atomic E-state index is 12.5. The summed E-state index contributed by atoms with van der Waals surface area (Å²) in [6, 6.07) is 4.70. The zero-order valence-electron chi connectivity index (χ0n) is 15.6. The van der Waals surface area contributed by atoms with Gasteiger partial charge < -0.3 is 19.5 Å². The van der Waals surface area contributed by atoms with Crippen LogP contribution in [0.4, 0.5) is 5.95 Å². The Hall–Kier alpha value is -3.60. The molecule has 0 saturated carbocycles. The van der Waals surface area contributed by atoms with Gasteiger partial charge in [0.05, 0.1) is 19.9 Å². The molecule has 0 aliphatic heterocycles. The highest BCUT2D eigenvalue weighted by Crippen LogP contribution is 2.25. The monoisotopic (exact) mass is 388 g/mol. The lowest BCUT2D eigenvalue weighted by Gasteiger charge is -2.07. The summed E-state index contributed by atoms with van der Waals surface area (Å²) in [6.45, 7) is -0.139. The van der Waals surface area contributed by atoms with Crippen LogP contribution in [0.5, 0.6) is 11.5 Å². The van der Waals surface area contributed by atoms with Gasteiger partial charge in [-0.25, -0.2) is 10.2 Å². The molecule has 0 aliphatic rings. The normalized spacial score (nSPS) is 11.4. The minimum atomic E-state index is -0.514. The Bertz CT molecular complexity index is 1170. The first-order chi connectivity index (χ1) is 13.4. The smallest absolute Gasteiger partial charge is 0.332 e. The maximum atomic E-state index is 12.5. The van der Waals surface area contributed by atoms with Gasteiger partial charge in [-0.05, 0) is 23.8 Å². The maximum Gasteiger partial charge on any atom is 0.332 e. The van der Waals surface area contributed by atoms with Gasteiger partial charge in [0.2, 0.25) is 5.95 Å². The van der Waals surface area contributed by atoms with Crippen LogP contribution < -0.4 is 21.4 Å². The van der Waals surface area contributed by atoms with E-state index in [1.54, 1.807) is 12.1 Å². The van der Waals surface area contributed by atoms with Crippen molar-refractivity contribution in [2.45, 2.75) is 6.54 Å². The van der Waals surface area contributed by atoms with Crippen LogP contribution in [0.1, 0.15) is 5.56 Å². The van der Waals surface area contributed by atoms with E-state index in [0.29, 0.717) is 11.3 Å².